The van der Waals surface area contributed by atoms with Crippen LogP contribution in [0.1, 0.15) is 18.4 Å². The van der Waals surface area contributed by atoms with Crippen LogP contribution in [0.4, 0.5) is 5.82 Å². The van der Waals surface area contributed by atoms with Crippen molar-refractivity contribution in [2.75, 3.05) is 25.0 Å². The Hall–Kier alpha value is -3.63. The highest BCUT2D eigenvalue weighted by atomic mass is 32.2. The summed E-state index contributed by atoms with van der Waals surface area (Å²) >= 11 is 0. The van der Waals surface area contributed by atoms with E-state index in [0.29, 0.717) is 47.8 Å². The van der Waals surface area contributed by atoms with Gasteiger partial charge in [-0.15, -0.1) is 0 Å². The molecule has 8 nitrogen and oxygen atoms in total. The maximum Gasteiger partial charge on any atom is 0.236 e. The second-order valence-electron chi connectivity index (χ2n) is 8.88. The third kappa shape index (κ3) is 5.14. The number of anilines is 1. The Bertz CT molecular complexity index is 1500. The molecule has 0 amide bonds. The van der Waals surface area contributed by atoms with E-state index in [1.165, 1.54) is 11.6 Å². The number of piperidine rings is 1. The average Bonchev–Trinajstić information content (AvgIpc) is 3.28. The molecule has 4 aromatic rings. The molecule has 3 heterocycles. The van der Waals surface area contributed by atoms with Crippen molar-refractivity contribution in [2.45, 2.75) is 12.8 Å². The molecule has 36 heavy (non-hydrogen) atoms. The molecule has 182 valence electrons. The molecule has 2 aromatic carbocycles. The lowest BCUT2D eigenvalue weighted by atomic mass is 9.99. The van der Waals surface area contributed by atoms with Gasteiger partial charge in [-0.2, -0.15) is 13.9 Å². The SMILES string of the molecule is [B]c1cnn2c(NCC3CCCN(S(=O)(=O)/C=C/c4ccccc4)C3)cc(-c3ccccc3O)nc12. The van der Waals surface area contributed by atoms with Crippen LogP contribution in [-0.4, -0.2) is 59.9 Å². The van der Waals surface area contributed by atoms with Gasteiger partial charge in [0.25, 0.3) is 0 Å². The molecule has 1 aliphatic rings. The number of aromatic nitrogens is 3. The standard InChI is InChI=1S/C26H26BN5O3S/c27-22-17-29-32-25(15-23(30-26(22)32)21-10-4-5-11-24(21)33)28-16-20-9-6-13-31(18-20)36(34,35)14-12-19-7-2-1-3-8-19/h1-5,7-8,10-12,14-15,17,20,28,33H,6,9,13,16,18H2/b14-12+. The normalized spacial score (nSPS) is 17.1. The highest BCUT2D eigenvalue weighted by molar-refractivity contribution is 7.92. The summed E-state index contributed by atoms with van der Waals surface area (Å²) < 4.78 is 29.1. The second-order valence-corrected chi connectivity index (χ2v) is 10.7. The smallest absolute Gasteiger partial charge is 0.236 e. The van der Waals surface area contributed by atoms with Crippen LogP contribution in [-0.2, 0) is 10.0 Å². The van der Waals surface area contributed by atoms with E-state index in [0.717, 1.165) is 18.4 Å². The summed E-state index contributed by atoms with van der Waals surface area (Å²) in [5.74, 6) is 0.900. The number of phenolic OH excluding ortho intramolecular Hbond substituents is 1. The van der Waals surface area contributed by atoms with Gasteiger partial charge in [0.05, 0.1) is 5.69 Å². The first-order chi connectivity index (χ1) is 17.4. The van der Waals surface area contributed by atoms with E-state index >= 15 is 0 Å². The fourth-order valence-corrected chi connectivity index (χ4v) is 5.73. The topological polar surface area (TPSA) is 99.8 Å². The van der Waals surface area contributed by atoms with E-state index in [1.54, 1.807) is 33.1 Å². The van der Waals surface area contributed by atoms with Crippen molar-refractivity contribution in [1.29, 1.82) is 0 Å². The summed E-state index contributed by atoms with van der Waals surface area (Å²) in [5.41, 5.74) is 2.90. The molecule has 10 heteroatoms. The minimum Gasteiger partial charge on any atom is -0.507 e. The van der Waals surface area contributed by atoms with Gasteiger partial charge in [-0.1, -0.05) is 42.5 Å². The Kier molecular flexibility index (Phi) is 6.80. The quantitative estimate of drug-likeness (QED) is 0.380. The Morgan fingerprint density at radius 2 is 1.92 bits per heavy atom. The first-order valence-electron chi connectivity index (χ1n) is 11.8. The Labute approximate surface area is 211 Å². The molecule has 1 atom stereocenters. The van der Waals surface area contributed by atoms with E-state index in [-0.39, 0.29) is 11.7 Å². The Morgan fingerprint density at radius 3 is 2.72 bits per heavy atom. The number of nitrogens with one attached hydrogen (secondary N) is 1. The zero-order valence-corrected chi connectivity index (χ0v) is 20.5. The summed E-state index contributed by atoms with van der Waals surface area (Å²) in [6.07, 6.45) is 4.86. The summed E-state index contributed by atoms with van der Waals surface area (Å²) in [5, 5.41) is 19.4. The van der Waals surface area contributed by atoms with Crippen LogP contribution in [0.3, 0.4) is 0 Å². The van der Waals surface area contributed by atoms with E-state index in [1.807, 2.05) is 42.5 Å². The van der Waals surface area contributed by atoms with Gasteiger partial charge in [0.1, 0.15) is 19.4 Å². The van der Waals surface area contributed by atoms with Crippen molar-refractivity contribution >= 4 is 40.9 Å². The van der Waals surface area contributed by atoms with Crippen LogP contribution in [0, 0.1) is 5.92 Å². The second kappa shape index (κ2) is 10.2. The van der Waals surface area contributed by atoms with Crippen LogP contribution >= 0.6 is 0 Å². The number of rotatable bonds is 7. The summed E-state index contributed by atoms with van der Waals surface area (Å²) in [4.78, 5) is 4.59. The molecule has 0 aliphatic carbocycles. The maximum atomic E-state index is 12.9. The van der Waals surface area contributed by atoms with Gasteiger partial charge in [0.2, 0.25) is 10.0 Å². The molecule has 2 aromatic heterocycles. The van der Waals surface area contributed by atoms with Crippen LogP contribution < -0.4 is 10.8 Å². The largest absolute Gasteiger partial charge is 0.507 e. The first kappa shape index (κ1) is 24.1. The van der Waals surface area contributed by atoms with Crippen LogP contribution in [0.25, 0.3) is 23.0 Å². The lowest BCUT2D eigenvalue weighted by Gasteiger charge is -2.31. The predicted octanol–water partition coefficient (Wildman–Crippen LogP) is 3.02. The number of hydrogen-bond donors (Lipinski definition) is 2. The lowest BCUT2D eigenvalue weighted by Crippen LogP contribution is -2.41. The summed E-state index contributed by atoms with van der Waals surface area (Å²) in [6.45, 7) is 1.48. The lowest BCUT2D eigenvalue weighted by molar-refractivity contribution is 0.277. The Balaban J connectivity index is 1.33. The molecular weight excluding hydrogens is 473 g/mol. The fourth-order valence-electron chi connectivity index (χ4n) is 4.42. The zero-order valence-electron chi connectivity index (χ0n) is 19.7. The molecule has 2 N–H and O–H groups in total. The van der Waals surface area contributed by atoms with Gasteiger partial charge in [0.15, 0.2) is 5.65 Å². The van der Waals surface area contributed by atoms with Crippen LogP contribution in [0.2, 0.25) is 0 Å². The molecule has 0 spiro atoms. The van der Waals surface area contributed by atoms with Gasteiger partial charge in [-0.25, -0.2) is 13.4 Å². The van der Waals surface area contributed by atoms with Crippen molar-refractivity contribution in [1.82, 2.24) is 18.9 Å². The van der Waals surface area contributed by atoms with E-state index in [9.17, 15) is 13.5 Å². The van der Waals surface area contributed by atoms with Crippen molar-refractivity contribution in [2.24, 2.45) is 5.92 Å². The van der Waals surface area contributed by atoms with Gasteiger partial charge >= 0.3 is 0 Å². The molecule has 1 saturated heterocycles. The molecule has 0 bridgehead atoms. The van der Waals surface area contributed by atoms with E-state index in [4.69, 9.17) is 7.85 Å². The minimum absolute atomic E-state index is 0.114. The van der Waals surface area contributed by atoms with Gasteiger partial charge in [-0.05, 0) is 48.0 Å². The van der Waals surface area contributed by atoms with Gasteiger partial charge < -0.3 is 10.4 Å². The number of para-hydroxylation sites is 1. The summed E-state index contributed by atoms with van der Waals surface area (Å²) in [7, 11) is 2.57. The number of benzene rings is 2. The van der Waals surface area contributed by atoms with Gasteiger partial charge in [0, 0.05) is 42.9 Å². The molecule has 1 unspecified atom stereocenters. The predicted molar refractivity (Wildman–Crippen MR) is 143 cm³/mol. The van der Waals surface area contributed by atoms with E-state index in [2.05, 4.69) is 15.4 Å². The van der Waals surface area contributed by atoms with Crippen molar-refractivity contribution < 1.29 is 13.5 Å². The molecule has 0 saturated carbocycles. The molecular formula is C26H26BN5O3S. The first-order valence-corrected chi connectivity index (χ1v) is 13.3. The number of hydrogen-bond acceptors (Lipinski definition) is 6. The third-order valence-electron chi connectivity index (χ3n) is 6.32. The average molecular weight is 499 g/mol. The number of fused-ring (bicyclic) bond motifs is 1. The minimum atomic E-state index is -3.52. The number of nitrogens with zero attached hydrogens (tertiary/aromatic N) is 4. The van der Waals surface area contributed by atoms with E-state index < -0.39 is 10.0 Å². The van der Waals surface area contributed by atoms with Crippen LogP contribution in [0.5, 0.6) is 5.75 Å². The number of phenols is 1. The zero-order chi connectivity index (χ0) is 25.1. The van der Waals surface area contributed by atoms with Crippen molar-refractivity contribution in [3.8, 4) is 17.0 Å². The van der Waals surface area contributed by atoms with Crippen molar-refractivity contribution in [3.05, 3.63) is 77.8 Å². The maximum absolute atomic E-state index is 12.9. The van der Waals surface area contributed by atoms with Crippen LogP contribution in [0.15, 0.2) is 72.3 Å². The number of aromatic hydroxyl groups is 1. The fraction of sp³-hybridized carbons (Fsp3) is 0.231. The molecule has 1 aliphatic heterocycles. The molecule has 1 fully saturated rings. The highest BCUT2D eigenvalue weighted by Crippen LogP contribution is 2.29. The van der Waals surface area contributed by atoms with Crippen molar-refractivity contribution in [3.63, 3.8) is 0 Å². The molecule has 2 radical (unpaired) electrons. The summed E-state index contributed by atoms with van der Waals surface area (Å²) in [6, 6.07) is 18.2. The van der Waals surface area contributed by atoms with Gasteiger partial charge in [-0.3, -0.25) is 0 Å². The number of sulfonamides is 1. The third-order valence-corrected chi connectivity index (χ3v) is 7.86. The molecule has 5 rings (SSSR count). The highest BCUT2D eigenvalue weighted by Gasteiger charge is 2.27. The Morgan fingerprint density at radius 1 is 1.14 bits per heavy atom. The monoisotopic (exact) mass is 499 g/mol.